The Morgan fingerprint density at radius 2 is 1.69 bits per heavy atom. The summed E-state index contributed by atoms with van der Waals surface area (Å²) in [6.45, 7) is 7.25. The second kappa shape index (κ2) is 9.17. The highest BCUT2D eigenvalue weighted by Crippen LogP contribution is 2.42. The Balaban J connectivity index is 1.85. The third-order valence-electron chi connectivity index (χ3n) is 5.09. The van der Waals surface area contributed by atoms with Crippen molar-refractivity contribution in [3.05, 3.63) is 70.6 Å². The molecule has 0 fully saturated rings. The van der Waals surface area contributed by atoms with Crippen molar-refractivity contribution in [1.82, 2.24) is 15.0 Å². The monoisotopic (exact) mass is 533 g/mol. The predicted octanol–water partition coefficient (Wildman–Crippen LogP) is 5.67. The lowest BCUT2D eigenvalue weighted by Gasteiger charge is -2.14. The predicted molar refractivity (Wildman–Crippen MR) is 134 cm³/mol. The van der Waals surface area contributed by atoms with Crippen LogP contribution in [0.5, 0.6) is 0 Å². The topological polar surface area (TPSA) is 111 Å². The van der Waals surface area contributed by atoms with Crippen molar-refractivity contribution in [2.75, 3.05) is 10.5 Å². The van der Waals surface area contributed by atoms with Gasteiger partial charge in [0.25, 0.3) is 10.0 Å². The van der Waals surface area contributed by atoms with E-state index >= 15 is 4.39 Å². The van der Waals surface area contributed by atoms with Gasteiger partial charge in [-0.15, -0.1) is 11.3 Å². The maximum absolute atomic E-state index is 15.7. The summed E-state index contributed by atoms with van der Waals surface area (Å²) in [6.07, 6.45) is 1.46. The largest absolute Gasteiger partial charge is 0.368 e. The van der Waals surface area contributed by atoms with E-state index in [0.717, 1.165) is 18.2 Å². The lowest BCUT2D eigenvalue weighted by atomic mass is 9.98. The highest BCUT2D eigenvalue weighted by molar-refractivity contribution is 7.92. The Labute approximate surface area is 210 Å². The second-order valence-electron chi connectivity index (χ2n) is 9.08. The zero-order chi connectivity index (χ0) is 26.4. The average molecular weight is 534 g/mol. The number of nitrogens with zero attached hydrogens (tertiary/aromatic N) is 3. The molecule has 0 aliphatic carbocycles. The fraction of sp³-hybridized carbons (Fsp3) is 0.208. The van der Waals surface area contributed by atoms with Crippen molar-refractivity contribution in [3.8, 4) is 21.8 Å². The highest BCUT2D eigenvalue weighted by atomic mass is 32.2. The van der Waals surface area contributed by atoms with E-state index in [9.17, 15) is 17.2 Å². The van der Waals surface area contributed by atoms with Gasteiger partial charge in [-0.2, -0.15) is 0 Å². The van der Waals surface area contributed by atoms with Crippen LogP contribution in [0.2, 0.25) is 0 Å². The number of nitrogen functional groups attached to an aromatic ring is 1. The number of hydrogen-bond acceptors (Lipinski definition) is 7. The van der Waals surface area contributed by atoms with Crippen molar-refractivity contribution >= 4 is 33.0 Å². The quantitative estimate of drug-likeness (QED) is 0.342. The van der Waals surface area contributed by atoms with E-state index in [1.807, 2.05) is 25.5 Å². The molecule has 0 spiro atoms. The molecule has 0 aliphatic heterocycles. The fourth-order valence-electron chi connectivity index (χ4n) is 3.43. The van der Waals surface area contributed by atoms with E-state index in [2.05, 4.69) is 15.0 Å². The van der Waals surface area contributed by atoms with Gasteiger partial charge in [0.05, 0.1) is 27.0 Å². The number of sulfonamides is 1. The summed E-state index contributed by atoms with van der Waals surface area (Å²) in [5, 5.41) is 0.680. The van der Waals surface area contributed by atoms with E-state index in [0.29, 0.717) is 15.6 Å². The van der Waals surface area contributed by atoms with Crippen molar-refractivity contribution in [3.63, 3.8) is 0 Å². The van der Waals surface area contributed by atoms with Crippen LogP contribution in [0.4, 0.5) is 24.8 Å². The number of halogens is 3. The molecular weight excluding hydrogens is 511 g/mol. The maximum atomic E-state index is 15.7. The number of aromatic nitrogens is 3. The number of thiazole rings is 1. The molecule has 12 heteroatoms. The Morgan fingerprint density at radius 3 is 2.31 bits per heavy atom. The molecule has 0 saturated carbocycles. The van der Waals surface area contributed by atoms with Gasteiger partial charge >= 0.3 is 0 Å². The molecule has 0 atom stereocenters. The molecule has 0 saturated heterocycles. The minimum absolute atomic E-state index is 0.0216. The smallest absolute Gasteiger partial charge is 0.267 e. The van der Waals surface area contributed by atoms with Crippen LogP contribution in [0.1, 0.15) is 31.3 Å². The van der Waals surface area contributed by atoms with Gasteiger partial charge in [-0.25, -0.2) is 36.5 Å². The Morgan fingerprint density at radius 1 is 1.03 bits per heavy atom. The average Bonchev–Trinajstić information content (AvgIpc) is 3.20. The van der Waals surface area contributed by atoms with Crippen LogP contribution in [0.15, 0.2) is 47.5 Å². The summed E-state index contributed by atoms with van der Waals surface area (Å²) in [7, 11) is -4.79. The number of hydrogen-bond donors (Lipinski definition) is 2. The Bertz CT molecular complexity index is 1560. The molecule has 2 aromatic carbocycles. The number of benzene rings is 2. The van der Waals surface area contributed by atoms with Gasteiger partial charge in [-0.1, -0.05) is 26.8 Å². The first-order valence-corrected chi connectivity index (χ1v) is 13.0. The van der Waals surface area contributed by atoms with Crippen LogP contribution in [-0.4, -0.2) is 23.4 Å². The highest BCUT2D eigenvalue weighted by Gasteiger charge is 2.29. The molecule has 188 valence electrons. The van der Waals surface area contributed by atoms with E-state index in [-0.39, 0.29) is 28.2 Å². The van der Waals surface area contributed by atoms with Crippen LogP contribution >= 0.6 is 11.3 Å². The van der Waals surface area contributed by atoms with Crippen molar-refractivity contribution in [1.29, 1.82) is 0 Å². The summed E-state index contributed by atoms with van der Waals surface area (Å²) in [6, 6.07) is 7.36. The van der Waals surface area contributed by atoms with E-state index < -0.39 is 38.1 Å². The third-order valence-corrected chi connectivity index (χ3v) is 8.00. The summed E-state index contributed by atoms with van der Waals surface area (Å²) >= 11 is 1.29. The van der Waals surface area contributed by atoms with Crippen LogP contribution < -0.4 is 10.5 Å². The molecule has 0 radical (unpaired) electrons. The van der Waals surface area contributed by atoms with Gasteiger partial charge in [-0.3, -0.25) is 4.72 Å². The number of nitrogens with one attached hydrogen (secondary N) is 1. The molecule has 4 rings (SSSR count). The zero-order valence-corrected chi connectivity index (χ0v) is 21.4. The fourth-order valence-corrected chi connectivity index (χ4v) is 5.72. The van der Waals surface area contributed by atoms with Crippen LogP contribution in [0, 0.1) is 24.4 Å². The molecule has 0 aliphatic rings. The molecule has 36 heavy (non-hydrogen) atoms. The molecule has 0 bridgehead atoms. The third kappa shape index (κ3) is 4.91. The number of rotatable bonds is 5. The van der Waals surface area contributed by atoms with Gasteiger partial charge in [0.1, 0.15) is 11.6 Å². The first kappa shape index (κ1) is 25.6. The molecule has 2 aromatic heterocycles. The summed E-state index contributed by atoms with van der Waals surface area (Å²) in [4.78, 5) is 12.0. The van der Waals surface area contributed by atoms with Crippen molar-refractivity contribution < 1.29 is 21.6 Å². The zero-order valence-electron chi connectivity index (χ0n) is 19.7. The molecule has 7 nitrogen and oxygen atoms in total. The van der Waals surface area contributed by atoms with E-state index in [1.165, 1.54) is 36.6 Å². The minimum atomic E-state index is -4.79. The molecule has 0 amide bonds. The standard InChI is InChI=1S/C24H22F3N5O2S2/c1-12-10-14(25)21(15(26)11-12)36(33,34)32-16-7-5-6-13(18(16)27)19-20(17-8-9-29-23(28)30-17)35-22(31-19)24(2,3)4/h5-11,32H,1-4H3,(H2,28,29,30). The van der Waals surface area contributed by atoms with Crippen LogP contribution in [0.25, 0.3) is 21.8 Å². The molecule has 0 unspecified atom stereocenters. The molecule has 3 N–H and O–H groups in total. The molecule has 4 aromatic rings. The molecule has 2 heterocycles. The van der Waals surface area contributed by atoms with E-state index in [4.69, 9.17) is 5.73 Å². The Kier molecular flexibility index (Phi) is 6.52. The number of aryl methyl sites for hydroxylation is 1. The second-order valence-corrected chi connectivity index (χ2v) is 11.7. The van der Waals surface area contributed by atoms with Gasteiger partial charge in [0.15, 0.2) is 10.7 Å². The Hall–Kier alpha value is -3.51. The van der Waals surface area contributed by atoms with Crippen molar-refractivity contribution in [2.45, 2.75) is 38.0 Å². The van der Waals surface area contributed by atoms with Gasteiger partial charge in [0.2, 0.25) is 5.95 Å². The maximum Gasteiger partial charge on any atom is 0.267 e. The van der Waals surface area contributed by atoms with Gasteiger partial charge < -0.3 is 5.73 Å². The first-order chi connectivity index (χ1) is 16.8. The minimum Gasteiger partial charge on any atom is -0.368 e. The lowest BCUT2D eigenvalue weighted by molar-refractivity contribution is 0.519. The summed E-state index contributed by atoms with van der Waals surface area (Å²) in [5.41, 5.74) is 5.67. The summed E-state index contributed by atoms with van der Waals surface area (Å²) < 4.78 is 72.1. The molecular formula is C24H22F3N5O2S2. The normalized spacial score (nSPS) is 12.1. The van der Waals surface area contributed by atoms with Gasteiger partial charge in [0, 0.05) is 17.2 Å². The first-order valence-electron chi connectivity index (χ1n) is 10.7. The number of nitrogens with two attached hydrogens (primary N) is 1. The van der Waals surface area contributed by atoms with E-state index in [1.54, 1.807) is 6.07 Å². The summed E-state index contributed by atoms with van der Waals surface area (Å²) in [5.74, 6) is -3.51. The van der Waals surface area contributed by atoms with Gasteiger partial charge in [-0.05, 0) is 42.8 Å². The van der Waals surface area contributed by atoms with Crippen molar-refractivity contribution in [2.24, 2.45) is 0 Å². The van der Waals surface area contributed by atoms with Crippen LogP contribution in [0.3, 0.4) is 0 Å². The van der Waals surface area contributed by atoms with Crippen LogP contribution in [-0.2, 0) is 15.4 Å². The lowest BCUT2D eigenvalue weighted by Crippen LogP contribution is -2.17. The SMILES string of the molecule is Cc1cc(F)c(S(=O)(=O)Nc2cccc(-c3nc(C(C)(C)C)sc3-c3ccnc(N)n3)c2F)c(F)c1. The number of anilines is 2.